The fourth-order valence-electron chi connectivity index (χ4n) is 2.19. The Morgan fingerprint density at radius 1 is 1.19 bits per heavy atom. The molecule has 21 heavy (non-hydrogen) atoms. The number of halogens is 1. The molecule has 1 atom stereocenters. The molecule has 1 N–H and O–H groups in total. The highest BCUT2D eigenvalue weighted by atomic mass is 79.9. The third-order valence-electron chi connectivity index (χ3n) is 3.56. The molecule has 1 aromatic rings. The molecule has 1 unspecified atom stereocenters. The van der Waals surface area contributed by atoms with Gasteiger partial charge in [-0.2, -0.15) is 0 Å². The van der Waals surface area contributed by atoms with E-state index in [1.807, 2.05) is 12.1 Å². The molecule has 0 aliphatic rings. The molecule has 0 amide bonds. The van der Waals surface area contributed by atoms with Gasteiger partial charge in [0.1, 0.15) is 9.84 Å². The molecule has 0 heterocycles. The molecule has 0 fully saturated rings. The number of hydrogen-bond donors (Lipinski definition) is 1. The third kappa shape index (κ3) is 7.43. The molecule has 3 nitrogen and oxygen atoms in total. The first kappa shape index (κ1) is 18.7. The van der Waals surface area contributed by atoms with Crippen LogP contribution in [0.15, 0.2) is 28.7 Å². The molecular weight excluding hydrogens is 350 g/mol. The predicted molar refractivity (Wildman–Crippen MR) is 93.6 cm³/mol. The van der Waals surface area contributed by atoms with Crippen LogP contribution in [0.3, 0.4) is 0 Å². The van der Waals surface area contributed by atoms with Crippen molar-refractivity contribution in [1.29, 1.82) is 0 Å². The molecule has 120 valence electrons. The lowest BCUT2D eigenvalue weighted by atomic mass is 9.94. The Morgan fingerprint density at radius 3 is 2.33 bits per heavy atom. The molecule has 0 aliphatic heterocycles. The predicted octanol–water partition coefficient (Wildman–Crippen LogP) is 3.75. The smallest absolute Gasteiger partial charge is 0.150 e. The minimum Gasteiger partial charge on any atom is -0.314 e. The second-order valence-electron chi connectivity index (χ2n) is 5.69. The first-order valence-electron chi connectivity index (χ1n) is 7.53. The molecule has 1 aromatic carbocycles. The van der Waals surface area contributed by atoms with Crippen molar-refractivity contribution in [2.45, 2.75) is 45.6 Å². The van der Waals surface area contributed by atoms with E-state index in [-0.39, 0.29) is 11.5 Å². The summed E-state index contributed by atoms with van der Waals surface area (Å²) in [7, 11) is -2.86. The van der Waals surface area contributed by atoms with Crippen molar-refractivity contribution in [3.8, 4) is 0 Å². The summed E-state index contributed by atoms with van der Waals surface area (Å²) in [5.74, 6) is 0.880. The van der Waals surface area contributed by atoms with Crippen LogP contribution in [0, 0.1) is 0 Å². The fourth-order valence-corrected chi connectivity index (χ4v) is 3.35. The highest BCUT2D eigenvalue weighted by molar-refractivity contribution is 9.10. The van der Waals surface area contributed by atoms with E-state index in [1.165, 1.54) is 5.56 Å². The van der Waals surface area contributed by atoms with E-state index in [0.717, 1.165) is 23.9 Å². The van der Waals surface area contributed by atoms with Crippen LogP contribution in [-0.2, 0) is 9.84 Å². The number of sulfone groups is 1. The van der Waals surface area contributed by atoms with E-state index in [2.05, 4.69) is 47.2 Å². The molecule has 0 spiro atoms. The van der Waals surface area contributed by atoms with Crippen molar-refractivity contribution >= 4 is 25.8 Å². The Morgan fingerprint density at radius 2 is 1.81 bits per heavy atom. The van der Waals surface area contributed by atoms with Crippen molar-refractivity contribution in [2.75, 3.05) is 18.1 Å². The maximum absolute atomic E-state index is 11.6. The Hall–Kier alpha value is -0.390. The summed E-state index contributed by atoms with van der Waals surface area (Å²) >= 11 is 3.45. The van der Waals surface area contributed by atoms with Gasteiger partial charge >= 0.3 is 0 Å². The second-order valence-corrected chi connectivity index (χ2v) is 9.08. The van der Waals surface area contributed by atoms with E-state index in [1.54, 1.807) is 6.92 Å². The van der Waals surface area contributed by atoms with Gasteiger partial charge < -0.3 is 5.32 Å². The standard InChI is InChI=1S/C16H26BrNO2S/c1-4-21(19,20)11-5-6-15(12-18-13(2)3)14-7-9-16(17)10-8-14/h7-10,13,15,18H,4-6,11-12H2,1-3H3. The van der Waals surface area contributed by atoms with Crippen LogP contribution in [0.5, 0.6) is 0 Å². The fraction of sp³-hybridized carbons (Fsp3) is 0.625. The highest BCUT2D eigenvalue weighted by Gasteiger charge is 2.14. The zero-order valence-electron chi connectivity index (χ0n) is 13.1. The van der Waals surface area contributed by atoms with Crippen molar-refractivity contribution < 1.29 is 8.42 Å². The van der Waals surface area contributed by atoms with Gasteiger partial charge in [-0.3, -0.25) is 0 Å². The molecule has 0 radical (unpaired) electrons. The van der Waals surface area contributed by atoms with Crippen LogP contribution < -0.4 is 5.32 Å². The second kappa shape index (κ2) is 8.91. The van der Waals surface area contributed by atoms with Gasteiger partial charge in [-0.15, -0.1) is 0 Å². The van der Waals surface area contributed by atoms with Crippen LogP contribution >= 0.6 is 15.9 Å². The lowest BCUT2D eigenvalue weighted by Crippen LogP contribution is -2.28. The molecule has 0 saturated heterocycles. The summed E-state index contributed by atoms with van der Waals surface area (Å²) in [6.45, 7) is 6.84. The topological polar surface area (TPSA) is 46.2 Å². The van der Waals surface area contributed by atoms with E-state index in [0.29, 0.717) is 12.0 Å². The molecule has 5 heteroatoms. The number of benzene rings is 1. The van der Waals surface area contributed by atoms with Crippen molar-refractivity contribution in [2.24, 2.45) is 0 Å². The maximum atomic E-state index is 11.6. The Kier molecular flexibility index (Phi) is 7.92. The van der Waals surface area contributed by atoms with Crippen LogP contribution in [0.25, 0.3) is 0 Å². The van der Waals surface area contributed by atoms with E-state index >= 15 is 0 Å². The van der Waals surface area contributed by atoms with Crippen LogP contribution in [0.2, 0.25) is 0 Å². The normalized spacial score (nSPS) is 13.6. The number of hydrogen-bond acceptors (Lipinski definition) is 3. The Balaban J connectivity index is 2.66. The summed E-state index contributed by atoms with van der Waals surface area (Å²) in [5, 5.41) is 3.46. The first-order chi connectivity index (χ1) is 9.84. The minimum absolute atomic E-state index is 0.236. The van der Waals surface area contributed by atoms with Gasteiger partial charge in [0.2, 0.25) is 0 Å². The van der Waals surface area contributed by atoms with Gasteiger partial charge in [0.25, 0.3) is 0 Å². The quantitative estimate of drug-likeness (QED) is 0.714. The summed E-state index contributed by atoms with van der Waals surface area (Å²) in [4.78, 5) is 0. The zero-order chi connectivity index (χ0) is 15.9. The zero-order valence-corrected chi connectivity index (χ0v) is 15.5. The van der Waals surface area contributed by atoms with Gasteiger partial charge in [-0.05, 0) is 36.5 Å². The van der Waals surface area contributed by atoms with Crippen LogP contribution in [-0.4, -0.2) is 32.5 Å². The van der Waals surface area contributed by atoms with Gasteiger partial charge in [0.05, 0.1) is 5.75 Å². The van der Waals surface area contributed by atoms with Gasteiger partial charge in [-0.1, -0.05) is 48.8 Å². The summed E-state index contributed by atoms with van der Waals surface area (Å²) in [6, 6.07) is 8.75. The molecule has 0 bridgehead atoms. The van der Waals surface area contributed by atoms with Crippen LogP contribution in [0.1, 0.15) is 45.1 Å². The largest absolute Gasteiger partial charge is 0.314 e. The highest BCUT2D eigenvalue weighted by Crippen LogP contribution is 2.23. The maximum Gasteiger partial charge on any atom is 0.150 e. The first-order valence-corrected chi connectivity index (χ1v) is 10.1. The average Bonchev–Trinajstić information content (AvgIpc) is 2.43. The summed E-state index contributed by atoms with van der Waals surface area (Å²) in [6.07, 6.45) is 1.61. The Labute approximate surface area is 137 Å². The van der Waals surface area contributed by atoms with Crippen molar-refractivity contribution in [1.82, 2.24) is 5.32 Å². The van der Waals surface area contributed by atoms with E-state index in [9.17, 15) is 8.42 Å². The van der Waals surface area contributed by atoms with Crippen molar-refractivity contribution in [3.05, 3.63) is 34.3 Å². The summed E-state index contributed by atoms with van der Waals surface area (Å²) in [5.41, 5.74) is 1.26. The molecule has 0 saturated carbocycles. The van der Waals surface area contributed by atoms with Gasteiger partial charge in [0.15, 0.2) is 0 Å². The third-order valence-corrected chi connectivity index (χ3v) is 5.88. The lowest BCUT2D eigenvalue weighted by molar-refractivity contribution is 0.503. The lowest BCUT2D eigenvalue weighted by Gasteiger charge is -2.20. The van der Waals surface area contributed by atoms with E-state index in [4.69, 9.17) is 0 Å². The van der Waals surface area contributed by atoms with Gasteiger partial charge in [0, 0.05) is 22.8 Å². The van der Waals surface area contributed by atoms with Gasteiger partial charge in [-0.25, -0.2) is 8.42 Å². The minimum atomic E-state index is -2.86. The SMILES string of the molecule is CCS(=O)(=O)CCCC(CNC(C)C)c1ccc(Br)cc1. The molecule has 0 aromatic heterocycles. The number of rotatable bonds is 9. The van der Waals surface area contributed by atoms with E-state index < -0.39 is 9.84 Å². The Bertz CT molecular complexity index is 512. The van der Waals surface area contributed by atoms with Crippen molar-refractivity contribution in [3.63, 3.8) is 0 Å². The average molecular weight is 376 g/mol. The summed E-state index contributed by atoms with van der Waals surface area (Å²) < 4.78 is 24.3. The molecular formula is C16H26BrNO2S. The van der Waals surface area contributed by atoms with Crippen LogP contribution in [0.4, 0.5) is 0 Å². The molecule has 0 aliphatic carbocycles. The monoisotopic (exact) mass is 375 g/mol. The number of nitrogens with one attached hydrogen (secondary N) is 1. The molecule has 1 rings (SSSR count).